The number of carboxylic acid groups (broad SMARTS) is 1. The quantitative estimate of drug-likeness (QED) is 0.830. The van der Waals surface area contributed by atoms with Crippen molar-refractivity contribution in [2.75, 3.05) is 0 Å². The normalized spacial score (nSPS) is 12.8. The van der Waals surface area contributed by atoms with Crippen LogP contribution < -0.4 is 5.73 Å². The predicted octanol–water partition coefficient (Wildman–Crippen LogP) is 2.81. The van der Waals surface area contributed by atoms with Gasteiger partial charge in [-0.15, -0.1) is 0 Å². The highest BCUT2D eigenvalue weighted by Crippen LogP contribution is 2.24. The third kappa shape index (κ3) is 3.82. The van der Waals surface area contributed by atoms with Crippen LogP contribution in [0.1, 0.15) is 49.8 Å². The Balaban J connectivity index is 2.84. The van der Waals surface area contributed by atoms with Gasteiger partial charge in [0.1, 0.15) is 5.82 Å². The molecule has 0 radical (unpaired) electrons. The van der Waals surface area contributed by atoms with Gasteiger partial charge in [0.25, 0.3) is 0 Å². The largest absolute Gasteiger partial charge is 0.481 e. The number of benzene rings is 1. The molecule has 4 heteroatoms. The van der Waals surface area contributed by atoms with Crippen LogP contribution in [-0.2, 0) is 4.79 Å². The third-order valence-electron chi connectivity index (χ3n) is 2.74. The van der Waals surface area contributed by atoms with Gasteiger partial charge in [-0.25, -0.2) is 4.39 Å². The predicted molar refractivity (Wildman–Crippen MR) is 64.3 cm³/mol. The fourth-order valence-electron chi connectivity index (χ4n) is 1.68. The molecule has 0 bridgehead atoms. The summed E-state index contributed by atoms with van der Waals surface area (Å²) in [6.07, 6.45) is 0.383. The molecule has 0 saturated carbocycles. The number of nitrogens with two attached hydrogens (primary N) is 1. The molecule has 0 fully saturated rings. The minimum Gasteiger partial charge on any atom is -0.481 e. The summed E-state index contributed by atoms with van der Waals surface area (Å²) in [6.45, 7) is 3.82. The maximum Gasteiger partial charge on any atom is 0.303 e. The number of aliphatic carboxylic acids is 1. The highest BCUT2D eigenvalue weighted by molar-refractivity contribution is 5.66. The summed E-state index contributed by atoms with van der Waals surface area (Å²) in [5, 5.41) is 8.58. The van der Waals surface area contributed by atoms with Crippen LogP contribution >= 0.6 is 0 Å². The van der Waals surface area contributed by atoms with Crippen molar-refractivity contribution in [3.05, 3.63) is 35.1 Å². The van der Waals surface area contributed by atoms with E-state index < -0.39 is 5.97 Å². The zero-order valence-corrected chi connectivity index (χ0v) is 10.1. The van der Waals surface area contributed by atoms with Gasteiger partial charge in [0.2, 0.25) is 0 Å². The lowest BCUT2D eigenvalue weighted by atomic mass is 9.95. The molecule has 0 spiro atoms. The molecule has 0 aliphatic carbocycles. The summed E-state index contributed by atoms with van der Waals surface area (Å²) >= 11 is 0. The lowest BCUT2D eigenvalue weighted by Gasteiger charge is -2.14. The van der Waals surface area contributed by atoms with E-state index in [-0.39, 0.29) is 24.2 Å². The van der Waals surface area contributed by atoms with Crippen molar-refractivity contribution in [3.63, 3.8) is 0 Å². The van der Waals surface area contributed by atoms with Gasteiger partial charge >= 0.3 is 5.97 Å². The summed E-state index contributed by atoms with van der Waals surface area (Å²) in [5.74, 6) is -1.03. The number of hydrogen-bond donors (Lipinski definition) is 2. The molecule has 0 aliphatic heterocycles. The van der Waals surface area contributed by atoms with Gasteiger partial charge in [-0.2, -0.15) is 0 Å². The van der Waals surface area contributed by atoms with Crippen molar-refractivity contribution >= 4 is 5.97 Å². The maximum absolute atomic E-state index is 13.5. The number of halogens is 1. The summed E-state index contributed by atoms with van der Waals surface area (Å²) in [4.78, 5) is 10.4. The van der Waals surface area contributed by atoms with Crippen LogP contribution in [0.3, 0.4) is 0 Å². The van der Waals surface area contributed by atoms with Gasteiger partial charge in [-0.05, 0) is 29.5 Å². The second-order valence-electron chi connectivity index (χ2n) is 4.47. The molecule has 3 nitrogen and oxygen atoms in total. The van der Waals surface area contributed by atoms with Crippen LogP contribution in [-0.4, -0.2) is 11.1 Å². The summed E-state index contributed by atoms with van der Waals surface area (Å²) in [5.41, 5.74) is 7.28. The molecule has 17 heavy (non-hydrogen) atoms. The average Bonchev–Trinajstić information content (AvgIpc) is 2.26. The van der Waals surface area contributed by atoms with E-state index in [2.05, 4.69) is 0 Å². The van der Waals surface area contributed by atoms with Crippen LogP contribution in [0.15, 0.2) is 18.2 Å². The van der Waals surface area contributed by atoms with Crippen molar-refractivity contribution in [2.45, 2.75) is 38.6 Å². The molecular formula is C13H18FNO2. The van der Waals surface area contributed by atoms with Crippen LogP contribution in [0.5, 0.6) is 0 Å². The van der Waals surface area contributed by atoms with E-state index in [0.29, 0.717) is 12.0 Å². The Bertz CT molecular complexity index is 404. The van der Waals surface area contributed by atoms with Gasteiger partial charge in [0.15, 0.2) is 0 Å². The molecule has 94 valence electrons. The number of rotatable bonds is 5. The van der Waals surface area contributed by atoms with Gasteiger partial charge in [-0.1, -0.05) is 26.0 Å². The molecule has 1 rings (SSSR count). The third-order valence-corrected chi connectivity index (χ3v) is 2.74. The van der Waals surface area contributed by atoms with E-state index in [4.69, 9.17) is 10.8 Å². The Morgan fingerprint density at radius 3 is 2.65 bits per heavy atom. The number of hydrogen-bond acceptors (Lipinski definition) is 2. The van der Waals surface area contributed by atoms with Crippen molar-refractivity contribution in [1.82, 2.24) is 0 Å². The average molecular weight is 239 g/mol. The fourth-order valence-corrected chi connectivity index (χ4v) is 1.68. The smallest absolute Gasteiger partial charge is 0.303 e. The van der Waals surface area contributed by atoms with E-state index in [9.17, 15) is 9.18 Å². The maximum atomic E-state index is 13.5. The van der Waals surface area contributed by atoms with Crippen molar-refractivity contribution in [3.8, 4) is 0 Å². The Hall–Kier alpha value is -1.42. The first kappa shape index (κ1) is 13.6. The van der Waals surface area contributed by atoms with Gasteiger partial charge in [-0.3, -0.25) is 4.79 Å². The summed E-state index contributed by atoms with van der Waals surface area (Å²) in [7, 11) is 0. The fraction of sp³-hybridized carbons (Fsp3) is 0.462. The first-order valence-electron chi connectivity index (χ1n) is 5.68. The lowest BCUT2D eigenvalue weighted by molar-refractivity contribution is -0.137. The number of carboxylic acids is 1. The van der Waals surface area contributed by atoms with E-state index in [0.717, 1.165) is 5.56 Å². The molecule has 3 N–H and O–H groups in total. The molecule has 0 amide bonds. The number of carbonyl (C=O) groups is 1. The van der Waals surface area contributed by atoms with E-state index in [1.54, 1.807) is 12.1 Å². The first-order valence-corrected chi connectivity index (χ1v) is 5.68. The van der Waals surface area contributed by atoms with Crippen molar-refractivity contribution < 1.29 is 14.3 Å². The Labute approximate surface area is 100 Å². The molecule has 1 atom stereocenters. The highest BCUT2D eigenvalue weighted by atomic mass is 19.1. The molecule has 0 aliphatic rings. The first-order chi connectivity index (χ1) is 7.91. The highest BCUT2D eigenvalue weighted by Gasteiger charge is 2.12. The molecule has 0 heterocycles. The van der Waals surface area contributed by atoms with E-state index in [1.807, 2.05) is 13.8 Å². The second-order valence-corrected chi connectivity index (χ2v) is 4.47. The zero-order chi connectivity index (χ0) is 13.0. The van der Waals surface area contributed by atoms with Crippen LogP contribution in [0.2, 0.25) is 0 Å². The Morgan fingerprint density at radius 2 is 2.12 bits per heavy atom. The van der Waals surface area contributed by atoms with Crippen LogP contribution in [0.25, 0.3) is 0 Å². The van der Waals surface area contributed by atoms with E-state index >= 15 is 0 Å². The van der Waals surface area contributed by atoms with E-state index in [1.165, 1.54) is 6.07 Å². The molecule has 1 aromatic carbocycles. The Morgan fingerprint density at radius 1 is 1.47 bits per heavy atom. The second kappa shape index (κ2) is 5.77. The standard InChI is InChI=1S/C13H18FNO2/c1-8(2)10-7-9(3-4-11(10)14)12(15)5-6-13(16)17/h3-4,7-8,12H,5-6,15H2,1-2H3,(H,16,17). The van der Waals surface area contributed by atoms with Crippen LogP contribution in [0.4, 0.5) is 4.39 Å². The molecule has 1 unspecified atom stereocenters. The molecule has 0 aromatic heterocycles. The minimum atomic E-state index is -0.869. The zero-order valence-electron chi connectivity index (χ0n) is 10.1. The summed E-state index contributed by atoms with van der Waals surface area (Å²) < 4.78 is 13.5. The topological polar surface area (TPSA) is 63.3 Å². The lowest BCUT2D eigenvalue weighted by Crippen LogP contribution is -2.13. The minimum absolute atomic E-state index is 0.0234. The van der Waals surface area contributed by atoms with Gasteiger partial charge < -0.3 is 10.8 Å². The van der Waals surface area contributed by atoms with Crippen molar-refractivity contribution in [1.29, 1.82) is 0 Å². The molecular weight excluding hydrogens is 221 g/mol. The van der Waals surface area contributed by atoms with Crippen LogP contribution in [0, 0.1) is 5.82 Å². The molecule has 1 aromatic rings. The van der Waals surface area contributed by atoms with Crippen molar-refractivity contribution in [2.24, 2.45) is 5.73 Å². The van der Waals surface area contributed by atoms with Gasteiger partial charge in [0.05, 0.1) is 0 Å². The SMILES string of the molecule is CC(C)c1cc(C(N)CCC(=O)O)ccc1F. The summed E-state index contributed by atoms with van der Waals surface area (Å²) in [6, 6.07) is 4.38. The van der Waals surface area contributed by atoms with Gasteiger partial charge in [0, 0.05) is 12.5 Å². The Kier molecular flexibility index (Phi) is 4.63. The molecule has 0 saturated heterocycles. The monoisotopic (exact) mass is 239 g/mol.